The average Bonchev–Trinajstić information content (AvgIpc) is 3.06. The summed E-state index contributed by atoms with van der Waals surface area (Å²) in [5.74, 6) is -3.45. The number of benzene rings is 3. The quantitative estimate of drug-likeness (QED) is 0.0790. The molecular weight excluding hydrogens is 632 g/mol. The number of carbonyl (C=O) groups excluding carboxylic acids is 4. The van der Waals surface area contributed by atoms with Crippen LogP contribution in [0.15, 0.2) is 101 Å². The summed E-state index contributed by atoms with van der Waals surface area (Å²) in [7, 11) is 1.90. The number of amides is 1. The van der Waals surface area contributed by atoms with Gasteiger partial charge in [-0.2, -0.15) is 0 Å². The van der Waals surface area contributed by atoms with Gasteiger partial charge < -0.3 is 24.8 Å². The van der Waals surface area contributed by atoms with Crippen molar-refractivity contribution in [3.05, 3.63) is 128 Å². The first-order valence-corrected chi connectivity index (χ1v) is 15.5. The third-order valence-electron chi connectivity index (χ3n) is 7.61. The van der Waals surface area contributed by atoms with Crippen molar-refractivity contribution in [3.63, 3.8) is 0 Å². The van der Waals surface area contributed by atoms with E-state index in [9.17, 15) is 29.3 Å². The minimum atomic E-state index is -1.05. The molecule has 1 aliphatic rings. The first-order chi connectivity index (χ1) is 23.4. The van der Waals surface area contributed by atoms with Gasteiger partial charge in [0, 0.05) is 49.2 Å². The number of hydrogen-bond donors (Lipinski definition) is 2. The fourth-order valence-corrected chi connectivity index (χ4v) is 5.36. The normalized spacial score (nSPS) is 14.2. The fraction of sp³-hybridized carbons (Fsp3) is 0.278. The first kappa shape index (κ1) is 36.0. The van der Waals surface area contributed by atoms with Gasteiger partial charge in [0.2, 0.25) is 5.91 Å². The molecule has 4 rings (SSSR count). The molecule has 0 bridgehead atoms. The van der Waals surface area contributed by atoms with Gasteiger partial charge in [-0.1, -0.05) is 42.5 Å². The maximum atomic E-state index is 13.6. The van der Waals surface area contributed by atoms with Gasteiger partial charge in [0.1, 0.15) is 19.8 Å². The Morgan fingerprint density at radius 3 is 2.00 bits per heavy atom. The molecule has 0 aromatic heterocycles. The maximum absolute atomic E-state index is 13.6. The van der Waals surface area contributed by atoms with E-state index in [2.05, 4.69) is 10.6 Å². The number of allylic oxidation sites excluding steroid dienone is 2. The lowest BCUT2D eigenvalue weighted by Crippen LogP contribution is -2.33. The predicted molar refractivity (Wildman–Crippen MR) is 180 cm³/mol. The monoisotopic (exact) mass is 670 g/mol. The lowest BCUT2D eigenvalue weighted by molar-refractivity contribution is -0.384. The number of hydrogen-bond acceptors (Lipinski definition) is 11. The summed E-state index contributed by atoms with van der Waals surface area (Å²) in [4.78, 5) is 64.0. The van der Waals surface area contributed by atoms with E-state index < -0.39 is 28.7 Å². The Balaban J connectivity index is 1.46. The third-order valence-corrected chi connectivity index (χ3v) is 7.61. The smallest absolute Gasteiger partial charge is 0.338 e. The van der Waals surface area contributed by atoms with E-state index >= 15 is 0 Å². The highest BCUT2D eigenvalue weighted by Gasteiger charge is 2.38. The molecule has 1 amide bonds. The Bertz CT molecular complexity index is 1770. The summed E-state index contributed by atoms with van der Waals surface area (Å²) in [6.45, 7) is 5.24. The Hall–Kier alpha value is -5.82. The first-order valence-electron chi connectivity index (χ1n) is 15.5. The number of ether oxygens (including phenoxy) is 3. The van der Waals surface area contributed by atoms with Crippen LogP contribution in [-0.4, -0.2) is 67.1 Å². The van der Waals surface area contributed by atoms with E-state index in [-0.39, 0.29) is 48.1 Å². The molecule has 1 aliphatic heterocycles. The summed E-state index contributed by atoms with van der Waals surface area (Å²) >= 11 is 0. The highest BCUT2D eigenvalue weighted by atomic mass is 16.6. The summed E-state index contributed by atoms with van der Waals surface area (Å²) in [6.07, 6.45) is 0. The number of nitrogens with one attached hydrogen (secondary N) is 2. The number of nitro groups is 1. The van der Waals surface area contributed by atoms with E-state index in [4.69, 9.17) is 14.2 Å². The van der Waals surface area contributed by atoms with Crippen LogP contribution in [0, 0.1) is 10.1 Å². The summed E-state index contributed by atoms with van der Waals surface area (Å²) in [5.41, 5.74) is 2.93. The van der Waals surface area contributed by atoms with Crippen LogP contribution in [0.1, 0.15) is 48.2 Å². The number of non-ortho nitro benzene ring substituents is 1. The molecule has 0 saturated carbocycles. The second kappa shape index (κ2) is 16.8. The minimum absolute atomic E-state index is 0.0548. The summed E-state index contributed by atoms with van der Waals surface area (Å²) < 4.78 is 16.4. The summed E-state index contributed by atoms with van der Waals surface area (Å²) in [5, 5.41) is 17.3. The molecule has 1 heterocycles. The standard InChI is InChI=1S/C36H38N4O9/c1-23-31(35(43)47-18-17-39(4)22-26-9-6-5-7-10-26)33(28-11-8-12-30(21-28)40(45)46)32(24(2)37-23)36(44)49-20-19-48-34(42)27-13-15-29(16-14-27)38-25(3)41/h5-16,21,33,37H,17-20,22H2,1-4H3,(H,38,41)/t33-/m0/s1. The number of nitrogens with zero attached hydrogens (tertiary/aromatic N) is 2. The zero-order valence-electron chi connectivity index (χ0n) is 27.7. The highest BCUT2D eigenvalue weighted by molar-refractivity contribution is 6.00. The van der Waals surface area contributed by atoms with Crippen molar-refractivity contribution < 1.29 is 38.3 Å². The molecule has 256 valence electrons. The number of nitro benzene ring substituents is 1. The van der Waals surface area contributed by atoms with Crippen LogP contribution >= 0.6 is 0 Å². The average molecular weight is 671 g/mol. The largest absolute Gasteiger partial charge is 0.461 e. The van der Waals surface area contributed by atoms with E-state index in [0.717, 1.165) is 5.56 Å². The molecule has 0 aliphatic carbocycles. The zero-order chi connectivity index (χ0) is 35.5. The zero-order valence-corrected chi connectivity index (χ0v) is 27.7. The van der Waals surface area contributed by atoms with Gasteiger partial charge in [-0.3, -0.25) is 19.8 Å². The molecular formula is C36H38N4O9. The second-order valence-corrected chi connectivity index (χ2v) is 11.4. The van der Waals surface area contributed by atoms with Gasteiger partial charge in [-0.05, 0) is 56.3 Å². The topological polar surface area (TPSA) is 166 Å². The molecule has 13 heteroatoms. The molecule has 0 saturated heterocycles. The van der Waals surface area contributed by atoms with Crippen molar-refractivity contribution >= 4 is 35.2 Å². The van der Waals surface area contributed by atoms with Gasteiger partial charge in [-0.15, -0.1) is 0 Å². The Labute approximate surface area is 283 Å². The molecule has 0 unspecified atom stereocenters. The number of dihydropyridines is 1. The lowest BCUT2D eigenvalue weighted by Gasteiger charge is -2.30. The predicted octanol–water partition coefficient (Wildman–Crippen LogP) is 4.86. The van der Waals surface area contributed by atoms with Crippen LogP contribution in [0.25, 0.3) is 0 Å². The highest BCUT2D eigenvalue weighted by Crippen LogP contribution is 2.40. The van der Waals surface area contributed by atoms with Gasteiger partial charge in [-0.25, -0.2) is 14.4 Å². The van der Waals surface area contributed by atoms with E-state index in [1.54, 1.807) is 32.0 Å². The van der Waals surface area contributed by atoms with E-state index in [1.165, 1.54) is 37.3 Å². The summed E-state index contributed by atoms with van der Waals surface area (Å²) in [6, 6.07) is 21.6. The van der Waals surface area contributed by atoms with Crippen molar-refractivity contribution in [2.75, 3.05) is 38.7 Å². The van der Waals surface area contributed by atoms with E-state index in [1.807, 2.05) is 42.3 Å². The Kier molecular flexibility index (Phi) is 12.4. The number of anilines is 1. The SMILES string of the molecule is CC(=O)Nc1ccc(C(=O)OCCOC(=O)C2=C(C)NC(C)=C(C(=O)OCCN(C)Cc3ccccc3)[C@@H]2c2cccc([N+](=O)[O-])c2)cc1. The van der Waals surface area contributed by atoms with Crippen LogP contribution < -0.4 is 10.6 Å². The fourth-order valence-electron chi connectivity index (χ4n) is 5.36. The van der Waals surface area contributed by atoms with Crippen LogP contribution in [-0.2, 0) is 35.1 Å². The van der Waals surface area contributed by atoms with Gasteiger partial charge in [0.25, 0.3) is 5.69 Å². The van der Waals surface area contributed by atoms with Gasteiger partial charge in [0.15, 0.2) is 0 Å². The van der Waals surface area contributed by atoms with Crippen LogP contribution in [0.3, 0.4) is 0 Å². The van der Waals surface area contributed by atoms with Crippen LogP contribution in [0.2, 0.25) is 0 Å². The molecule has 3 aromatic rings. The maximum Gasteiger partial charge on any atom is 0.338 e. The number of rotatable bonds is 14. The minimum Gasteiger partial charge on any atom is -0.461 e. The van der Waals surface area contributed by atoms with Gasteiger partial charge in [0.05, 0.1) is 27.6 Å². The van der Waals surface area contributed by atoms with Crippen molar-refractivity contribution in [3.8, 4) is 0 Å². The second-order valence-electron chi connectivity index (χ2n) is 11.4. The Morgan fingerprint density at radius 2 is 1.41 bits per heavy atom. The molecule has 49 heavy (non-hydrogen) atoms. The van der Waals surface area contributed by atoms with Crippen molar-refractivity contribution in [2.24, 2.45) is 0 Å². The molecule has 1 atom stereocenters. The number of likely N-dealkylation sites (N-methyl/N-ethyl adjacent to an activating group) is 1. The molecule has 2 N–H and O–H groups in total. The van der Waals surface area contributed by atoms with Crippen molar-refractivity contribution in [1.29, 1.82) is 0 Å². The van der Waals surface area contributed by atoms with E-state index in [0.29, 0.717) is 35.7 Å². The molecule has 0 spiro atoms. The van der Waals surface area contributed by atoms with Gasteiger partial charge >= 0.3 is 17.9 Å². The Morgan fingerprint density at radius 1 is 0.816 bits per heavy atom. The number of esters is 3. The molecule has 0 fully saturated rings. The number of carbonyl (C=O) groups is 4. The molecule has 13 nitrogen and oxygen atoms in total. The lowest BCUT2D eigenvalue weighted by atomic mass is 9.80. The molecule has 3 aromatic carbocycles. The molecule has 0 radical (unpaired) electrons. The third kappa shape index (κ3) is 9.84. The van der Waals surface area contributed by atoms with Crippen molar-refractivity contribution in [2.45, 2.75) is 33.2 Å². The van der Waals surface area contributed by atoms with Crippen LogP contribution in [0.5, 0.6) is 0 Å². The van der Waals surface area contributed by atoms with Crippen molar-refractivity contribution in [1.82, 2.24) is 10.2 Å². The van der Waals surface area contributed by atoms with Crippen LogP contribution in [0.4, 0.5) is 11.4 Å².